The summed E-state index contributed by atoms with van der Waals surface area (Å²) in [4.78, 5) is 37.2. The van der Waals surface area contributed by atoms with Gasteiger partial charge in [0, 0.05) is 19.3 Å². The number of quaternary nitrogens is 1. The zero-order valence-electron chi connectivity index (χ0n) is 42.7. The summed E-state index contributed by atoms with van der Waals surface area (Å²) in [6, 6.07) is -0.623. The lowest BCUT2D eigenvalue weighted by Gasteiger charge is -2.31. The molecule has 1 N–H and O–H groups in total. The first-order valence-electron chi connectivity index (χ1n) is 26.5. The number of carboxylic acids is 1. The third-order valence-corrected chi connectivity index (χ3v) is 11.6. The highest BCUT2D eigenvalue weighted by Crippen LogP contribution is 2.16. The molecule has 0 saturated heterocycles. The summed E-state index contributed by atoms with van der Waals surface area (Å²) in [6.07, 6.45) is 61.0. The average Bonchev–Trinajstić information content (AvgIpc) is 3.27. The standard InChI is InChI=1S/C57H99NO7/c1-6-8-10-12-14-16-18-20-22-24-26-27-28-30-31-33-35-37-39-41-43-45-47-55(59)64-52-53(51-63-50-49-54(57(61)62)58(3,4)5)65-56(60)48-46-44-42-40-38-36-34-32-29-25-23-21-19-17-15-13-11-9-7-2/h8,10,14,16,20,22,26-27,30-31,35,37,53-54H,6-7,9,11-13,15,17-19,21,23-25,28-29,32-34,36,38-52H2,1-5H3/p+1/b10-8+,16-14+,22-20+,27-26+,31-30+,37-35+. The molecule has 0 aliphatic carbocycles. The maximum absolute atomic E-state index is 12.8. The third-order valence-electron chi connectivity index (χ3n) is 11.6. The molecule has 0 heterocycles. The molecule has 0 radical (unpaired) electrons. The van der Waals surface area contributed by atoms with Gasteiger partial charge in [0.05, 0.1) is 34.4 Å². The Labute approximate surface area is 400 Å². The van der Waals surface area contributed by atoms with E-state index >= 15 is 0 Å². The Morgan fingerprint density at radius 3 is 1.28 bits per heavy atom. The summed E-state index contributed by atoms with van der Waals surface area (Å²) in [5.74, 6) is -1.50. The van der Waals surface area contributed by atoms with E-state index in [0.717, 1.165) is 83.5 Å². The Morgan fingerprint density at radius 2 is 0.862 bits per heavy atom. The number of rotatable bonds is 47. The summed E-state index contributed by atoms with van der Waals surface area (Å²) >= 11 is 0. The molecule has 0 aromatic rings. The Kier molecular flexibility index (Phi) is 44.9. The highest BCUT2D eigenvalue weighted by Gasteiger charge is 2.31. The van der Waals surface area contributed by atoms with Crippen LogP contribution in [0.15, 0.2) is 72.9 Å². The van der Waals surface area contributed by atoms with Crippen molar-refractivity contribution < 1.29 is 38.2 Å². The van der Waals surface area contributed by atoms with E-state index in [0.29, 0.717) is 19.3 Å². The van der Waals surface area contributed by atoms with Crippen LogP contribution in [-0.4, -0.2) is 80.6 Å². The molecule has 65 heavy (non-hydrogen) atoms. The molecular formula is C57H100NO7+. The number of carboxylic acid groups (broad SMARTS) is 1. The van der Waals surface area contributed by atoms with Crippen molar-refractivity contribution in [2.45, 2.75) is 231 Å². The molecule has 8 nitrogen and oxygen atoms in total. The lowest BCUT2D eigenvalue weighted by molar-refractivity contribution is -0.887. The lowest BCUT2D eigenvalue weighted by Crippen LogP contribution is -2.50. The number of likely N-dealkylation sites (N-methyl/N-ethyl adjacent to an activating group) is 1. The molecule has 0 aromatic carbocycles. The number of hydrogen-bond donors (Lipinski definition) is 1. The quantitative estimate of drug-likeness (QED) is 0.0281. The van der Waals surface area contributed by atoms with Gasteiger partial charge in [-0.25, -0.2) is 4.79 Å². The van der Waals surface area contributed by atoms with Gasteiger partial charge in [-0.2, -0.15) is 0 Å². The second-order valence-electron chi connectivity index (χ2n) is 18.8. The molecule has 0 bridgehead atoms. The van der Waals surface area contributed by atoms with Gasteiger partial charge in [-0.05, 0) is 64.2 Å². The number of ether oxygens (including phenoxy) is 3. The lowest BCUT2D eigenvalue weighted by atomic mass is 10.0. The maximum Gasteiger partial charge on any atom is 0.362 e. The van der Waals surface area contributed by atoms with E-state index < -0.39 is 18.1 Å². The molecule has 0 aromatic heterocycles. The molecule has 2 unspecified atom stereocenters. The minimum Gasteiger partial charge on any atom is -0.477 e. The van der Waals surface area contributed by atoms with Crippen molar-refractivity contribution in [1.82, 2.24) is 0 Å². The van der Waals surface area contributed by atoms with Gasteiger partial charge in [-0.3, -0.25) is 9.59 Å². The Hall–Kier alpha value is -3.23. The molecular weight excluding hydrogens is 811 g/mol. The predicted octanol–water partition coefficient (Wildman–Crippen LogP) is 15.5. The number of carbonyl (C=O) groups is 3. The molecule has 0 amide bonds. The number of hydrogen-bond acceptors (Lipinski definition) is 6. The number of esters is 2. The van der Waals surface area contributed by atoms with Crippen molar-refractivity contribution in [2.24, 2.45) is 0 Å². The molecule has 0 fully saturated rings. The summed E-state index contributed by atoms with van der Waals surface area (Å²) in [5, 5.41) is 9.66. The van der Waals surface area contributed by atoms with Crippen LogP contribution in [0.2, 0.25) is 0 Å². The second-order valence-corrected chi connectivity index (χ2v) is 18.8. The minimum atomic E-state index is -0.880. The fourth-order valence-corrected chi connectivity index (χ4v) is 7.57. The highest BCUT2D eigenvalue weighted by molar-refractivity contribution is 5.72. The number of aliphatic carboxylic acids is 1. The molecule has 2 atom stereocenters. The normalized spacial score (nSPS) is 13.4. The largest absolute Gasteiger partial charge is 0.477 e. The number of unbranched alkanes of at least 4 members (excludes halogenated alkanes) is 21. The molecule has 0 aliphatic rings. The summed E-state index contributed by atoms with van der Waals surface area (Å²) < 4.78 is 17.3. The molecule has 0 aliphatic heterocycles. The minimum absolute atomic E-state index is 0.0493. The fraction of sp³-hybridized carbons (Fsp3) is 0.737. The van der Waals surface area contributed by atoms with E-state index in [1.807, 2.05) is 21.1 Å². The van der Waals surface area contributed by atoms with Crippen LogP contribution < -0.4 is 0 Å². The molecule has 0 spiro atoms. The van der Waals surface area contributed by atoms with E-state index in [1.165, 1.54) is 103 Å². The van der Waals surface area contributed by atoms with Crippen LogP contribution in [0.25, 0.3) is 0 Å². The van der Waals surface area contributed by atoms with Crippen LogP contribution in [0.1, 0.15) is 219 Å². The smallest absolute Gasteiger partial charge is 0.362 e. The van der Waals surface area contributed by atoms with Crippen LogP contribution in [0.3, 0.4) is 0 Å². The van der Waals surface area contributed by atoms with E-state index in [9.17, 15) is 19.5 Å². The van der Waals surface area contributed by atoms with Crippen molar-refractivity contribution >= 4 is 17.9 Å². The van der Waals surface area contributed by atoms with E-state index in [1.54, 1.807) is 0 Å². The number of nitrogens with zero attached hydrogens (tertiary/aromatic N) is 1. The summed E-state index contributed by atoms with van der Waals surface area (Å²) in [7, 11) is 5.53. The highest BCUT2D eigenvalue weighted by atomic mass is 16.6. The molecule has 0 rings (SSSR count). The van der Waals surface area contributed by atoms with Crippen molar-refractivity contribution in [3.05, 3.63) is 72.9 Å². The van der Waals surface area contributed by atoms with Gasteiger partial charge in [0.1, 0.15) is 6.61 Å². The van der Waals surface area contributed by atoms with Gasteiger partial charge in [0.25, 0.3) is 0 Å². The zero-order valence-corrected chi connectivity index (χ0v) is 42.7. The fourth-order valence-electron chi connectivity index (χ4n) is 7.57. The average molecular weight is 911 g/mol. The van der Waals surface area contributed by atoms with Gasteiger partial charge in [0.15, 0.2) is 12.1 Å². The van der Waals surface area contributed by atoms with Crippen molar-refractivity contribution in [1.29, 1.82) is 0 Å². The van der Waals surface area contributed by atoms with E-state index in [4.69, 9.17) is 14.2 Å². The Bertz CT molecular complexity index is 1290. The Morgan fingerprint density at radius 1 is 0.477 bits per heavy atom. The van der Waals surface area contributed by atoms with Gasteiger partial charge in [-0.1, -0.05) is 209 Å². The van der Waals surface area contributed by atoms with Crippen LogP contribution in [0.4, 0.5) is 0 Å². The van der Waals surface area contributed by atoms with Crippen molar-refractivity contribution in [2.75, 3.05) is 41.0 Å². The van der Waals surface area contributed by atoms with Crippen molar-refractivity contribution in [3.63, 3.8) is 0 Å². The summed E-state index contributed by atoms with van der Waals surface area (Å²) in [6.45, 7) is 4.61. The summed E-state index contributed by atoms with van der Waals surface area (Å²) in [5.41, 5.74) is 0. The van der Waals surface area contributed by atoms with Crippen LogP contribution in [0, 0.1) is 0 Å². The number of carbonyl (C=O) groups excluding carboxylic acids is 2. The predicted molar refractivity (Wildman–Crippen MR) is 275 cm³/mol. The molecule has 0 saturated carbocycles. The van der Waals surface area contributed by atoms with E-state index in [-0.39, 0.29) is 36.2 Å². The first-order chi connectivity index (χ1) is 31.6. The number of allylic oxidation sites excluding steroid dienone is 12. The van der Waals surface area contributed by atoms with Crippen LogP contribution >= 0.6 is 0 Å². The van der Waals surface area contributed by atoms with Crippen molar-refractivity contribution in [3.8, 4) is 0 Å². The maximum atomic E-state index is 12.8. The third kappa shape index (κ3) is 45.7. The van der Waals surface area contributed by atoms with Crippen LogP contribution in [-0.2, 0) is 28.6 Å². The van der Waals surface area contributed by atoms with E-state index in [2.05, 4.69) is 86.8 Å². The van der Waals surface area contributed by atoms with Crippen LogP contribution in [0.5, 0.6) is 0 Å². The monoisotopic (exact) mass is 911 g/mol. The van der Waals surface area contributed by atoms with Gasteiger partial charge < -0.3 is 23.8 Å². The molecule has 374 valence electrons. The first-order valence-corrected chi connectivity index (χ1v) is 26.5. The van der Waals surface area contributed by atoms with Gasteiger partial charge in [-0.15, -0.1) is 0 Å². The Balaban J connectivity index is 4.30. The SMILES string of the molecule is CC/C=C/C/C=C/C/C=C/C/C=C/C/C=C/C/C=C/CCCCCC(=O)OCC(COCCC(C(=O)O)[N+](C)(C)C)OC(=O)CCCCCCCCCCCCCCCCCCCCC. The topological polar surface area (TPSA) is 99.1 Å². The zero-order chi connectivity index (χ0) is 47.7. The second kappa shape index (κ2) is 47.3. The molecule has 8 heteroatoms. The van der Waals surface area contributed by atoms with Gasteiger partial charge in [0.2, 0.25) is 0 Å². The first kappa shape index (κ1) is 61.8. The van der Waals surface area contributed by atoms with Gasteiger partial charge >= 0.3 is 17.9 Å².